The molecule has 0 radical (unpaired) electrons. The molecule has 1 aliphatic rings. The summed E-state index contributed by atoms with van der Waals surface area (Å²) in [5.74, 6) is -2.07. The van der Waals surface area contributed by atoms with E-state index in [1.165, 1.54) is 19.3 Å². The minimum atomic E-state index is -1.51. The number of carboxylic acids is 1. The van der Waals surface area contributed by atoms with Crippen LogP contribution in [0.5, 0.6) is 0 Å². The quantitative estimate of drug-likeness (QED) is 0.662. The first-order valence-electron chi connectivity index (χ1n) is 9.62. The highest BCUT2D eigenvalue weighted by Gasteiger charge is 2.31. The third-order valence-corrected chi connectivity index (χ3v) is 5.31. The molecular weight excluding hydrogens is 330 g/mol. The number of hydrogen-bond acceptors (Lipinski definition) is 3. The third kappa shape index (κ3) is 5.97. The second-order valence-electron chi connectivity index (χ2n) is 7.28. The first-order valence-corrected chi connectivity index (χ1v) is 9.62. The molecule has 2 rings (SSSR count). The number of nitrogens with one attached hydrogen (secondary N) is 1. The van der Waals surface area contributed by atoms with Crippen molar-refractivity contribution in [3.05, 3.63) is 35.9 Å². The zero-order chi connectivity index (χ0) is 18.9. The molecule has 0 aromatic heterocycles. The lowest BCUT2D eigenvalue weighted by atomic mass is 9.79. The average molecular weight is 359 g/mol. The molecule has 2 N–H and O–H groups in total. The number of carboxylic acid groups (broad SMARTS) is 1. The summed E-state index contributed by atoms with van der Waals surface area (Å²) in [6.45, 7) is 2.19. The van der Waals surface area contributed by atoms with E-state index in [0.717, 1.165) is 31.2 Å². The molecule has 5 nitrogen and oxygen atoms in total. The van der Waals surface area contributed by atoms with Gasteiger partial charge in [0, 0.05) is 12.3 Å². The highest BCUT2D eigenvalue weighted by molar-refractivity contribution is 6.35. The van der Waals surface area contributed by atoms with Crippen LogP contribution in [0.4, 0.5) is 0 Å². The molecule has 0 saturated heterocycles. The molecule has 142 valence electrons. The molecule has 0 aliphatic heterocycles. The molecule has 1 aromatic rings. The second kappa shape index (κ2) is 10.1. The zero-order valence-corrected chi connectivity index (χ0v) is 15.4. The Morgan fingerprint density at radius 3 is 2.35 bits per heavy atom. The highest BCUT2D eigenvalue weighted by Crippen LogP contribution is 2.32. The van der Waals surface area contributed by atoms with Gasteiger partial charge in [0.1, 0.15) is 6.04 Å². The molecular formula is C21H29NO4. The van der Waals surface area contributed by atoms with E-state index in [9.17, 15) is 14.4 Å². The fourth-order valence-electron chi connectivity index (χ4n) is 3.70. The molecule has 1 saturated carbocycles. The van der Waals surface area contributed by atoms with Crippen molar-refractivity contribution in [2.75, 3.05) is 0 Å². The molecule has 0 heterocycles. The smallest absolute Gasteiger partial charge is 0.374 e. The van der Waals surface area contributed by atoms with Crippen LogP contribution in [0.15, 0.2) is 30.3 Å². The number of unbranched alkanes of at least 4 members (excludes halogenated alkanes) is 1. The molecule has 26 heavy (non-hydrogen) atoms. The first kappa shape index (κ1) is 20.1. The molecule has 5 heteroatoms. The van der Waals surface area contributed by atoms with Crippen LogP contribution in [0.2, 0.25) is 0 Å². The van der Waals surface area contributed by atoms with E-state index in [-0.39, 0.29) is 18.2 Å². The van der Waals surface area contributed by atoms with Crippen LogP contribution in [0, 0.1) is 11.8 Å². The Bertz CT molecular complexity index is 606. The van der Waals surface area contributed by atoms with Crippen molar-refractivity contribution in [3.8, 4) is 0 Å². The van der Waals surface area contributed by atoms with Gasteiger partial charge in [-0.1, -0.05) is 56.5 Å². The number of rotatable bonds is 9. The fraction of sp³-hybridized carbons (Fsp3) is 0.571. The van der Waals surface area contributed by atoms with Gasteiger partial charge in [0.2, 0.25) is 5.91 Å². The van der Waals surface area contributed by atoms with E-state index >= 15 is 0 Å². The number of hydrogen-bond donors (Lipinski definition) is 2. The van der Waals surface area contributed by atoms with E-state index in [4.69, 9.17) is 5.11 Å². The standard InChI is InChI=1S/C21H29NO4/c1-2-3-7-15-10-12-17(13-11-15)20(24)22-18(19(23)21(25)26)14-16-8-5-4-6-9-16/h4-6,8-9,15,17-18H,2-3,7,10-14H2,1H3,(H,22,24)(H,25,26). The van der Waals surface area contributed by atoms with E-state index in [0.29, 0.717) is 5.92 Å². The second-order valence-corrected chi connectivity index (χ2v) is 7.28. The van der Waals surface area contributed by atoms with Gasteiger partial charge in [-0.3, -0.25) is 9.59 Å². The summed E-state index contributed by atoms with van der Waals surface area (Å²) in [4.78, 5) is 35.7. The van der Waals surface area contributed by atoms with Gasteiger partial charge in [-0.25, -0.2) is 4.79 Å². The maximum Gasteiger partial charge on any atom is 0.374 e. The Hall–Kier alpha value is -2.17. The lowest BCUT2D eigenvalue weighted by molar-refractivity contribution is -0.150. The van der Waals surface area contributed by atoms with Crippen LogP contribution in [-0.2, 0) is 20.8 Å². The summed E-state index contributed by atoms with van der Waals surface area (Å²) in [6.07, 6.45) is 7.55. The number of ketones is 1. The molecule has 1 atom stereocenters. The number of aliphatic carboxylic acids is 1. The van der Waals surface area contributed by atoms with E-state index < -0.39 is 17.8 Å². The summed E-state index contributed by atoms with van der Waals surface area (Å²) in [7, 11) is 0. The predicted octanol–water partition coefficient (Wildman–Crippen LogP) is 3.36. The van der Waals surface area contributed by atoms with E-state index in [1.807, 2.05) is 30.3 Å². The van der Waals surface area contributed by atoms with Crippen LogP contribution in [-0.4, -0.2) is 28.8 Å². The van der Waals surface area contributed by atoms with Crippen LogP contribution >= 0.6 is 0 Å². The Labute approximate surface area is 155 Å². The lowest BCUT2D eigenvalue weighted by Gasteiger charge is -2.29. The van der Waals surface area contributed by atoms with Gasteiger partial charge in [0.25, 0.3) is 5.78 Å². The topological polar surface area (TPSA) is 83.5 Å². The SMILES string of the molecule is CCCCC1CCC(C(=O)NC(Cc2ccccc2)C(=O)C(=O)O)CC1. The van der Waals surface area contributed by atoms with Crippen molar-refractivity contribution < 1.29 is 19.5 Å². The van der Waals surface area contributed by atoms with Gasteiger partial charge < -0.3 is 10.4 Å². The van der Waals surface area contributed by atoms with Crippen molar-refractivity contribution in [2.45, 2.75) is 64.3 Å². The van der Waals surface area contributed by atoms with Crippen LogP contribution in [0.25, 0.3) is 0 Å². The largest absolute Gasteiger partial charge is 0.475 e. The predicted molar refractivity (Wildman–Crippen MR) is 99.7 cm³/mol. The molecule has 1 aromatic carbocycles. The minimum Gasteiger partial charge on any atom is -0.475 e. The third-order valence-electron chi connectivity index (χ3n) is 5.31. The molecule has 1 amide bonds. The van der Waals surface area contributed by atoms with E-state index in [2.05, 4.69) is 12.2 Å². The summed E-state index contributed by atoms with van der Waals surface area (Å²) in [6, 6.07) is 8.15. The van der Waals surface area contributed by atoms with Gasteiger partial charge in [-0.05, 0) is 37.2 Å². The van der Waals surface area contributed by atoms with Crippen LogP contribution in [0.1, 0.15) is 57.4 Å². The monoisotopic (exact) mass is 359 g/mol. The van der Waals surface area contributed by atoms with Crippen LogP contribution < -0.4 is 5.32 Å². The molecule has 1 unspecified atom stereocenters. The van der Waals surface area contributed by atoms with Crippen molar-refractivity contribution in [2.24, 2.45) is 11.8 Å². The zero-order valence-electron chi connectivity index (χ0n) is 15.4. The lowest BCUT2D eigenvalue weighted by Crippen LogP contribution is -2.47. The van der Waals surface area contributed by atoms with Crippen molar-refractivity contribution in [3.63, 3.8) is 0 Å². The molecule has 0 spiro atoms. The number of benzene rings is 1. The Morgan fingerprint density at radius 1 is 1.12 bits per heavy atom. The summed E-state index contributed by atoms with van der Waals surface area (Å²) < 4.78 is 0. The Balaban J connectivity index is 1.94. The molecule has 0 bridgehead atoms. The number of carbonyl (C=O) groups is 3. The highest BCUT2D eigenvalue weighted by atomic mass is 16.4. The summed E-state index contributed by atoms with van der Waals surface area (Å²) in [5, 5.41) is 11.8. The first-order chi connectivity index (χ1) is 12.5. The summed E-state index contributed by atoms with van der Waals surface area (Å²) in [5.41, 5.74) is 0.829. The van der Waals surface area contributed by atoms with Crippen molar-refractivity contribution >= 4 is 17.7 Å². The van der Waals surface area contributed by atoms with Crippen molar-refractivity contribution in [1.29, 1.82) is 0 Å². The van der Waals surface area contributed by atoms with Crippen molar-refractivity contribution in [1.82, 2.24) is 5.32 Å². The average Bonchev–Trinajstić information content (AvgIpc) is 2.66. The van der Waals surface area contributed by atoms with Gasteiger partial charge in [-0.2, -0.15) is 0 Å². The normalized spacial score (nSPS) is 21.0. The Kier molecular flexibility index (Phi) is 7.82. The maximum atomic E-state index is 12.6. The molecule has 1 aliphatic carbocycles. The van der Waals surface area contributed by atoms with Crippen LogP contribution in [0.3, 0.4) is 0 Å². The maximum absolute atomic E-state index is 12.6. The van der Waals surface area contributed by atoms with Gasteiger partial charge in [0.05, 0.1) is 0 Å². The minimum absolute atomic E-state index is 0.118. The van der Waals surface area contributed by atoms with Gasteiger partial charge in [-0.15, -0.1) is 0 Å². The summed E-state index contributed by atoms with van der Waals surface area (Å²) >= 11 is 0. The number of amides is 1. The van der Waals surface area contributed by atoms with E-state index in [1.54, 1.807) is 0 Å². The number of carbonyl (C=O) groups excluding carboxylic acids is 2. The fourth-order valence-corrected chi connectivity index (χ4v) is 3.70. The van der Waals surface area contributed by atoms with Gasteiger partial charge >= 0.3 is 5.97 Å². The van der Waals surface area contributed by atoms with Gasteiger partial charge in [0.15, 0.2) is 0 Å². The molecule has 1 fully saturated rings. The Morgan fingerprint density at radius 2 is 1.77 bits per heavy atom. The number of Topliss-reactive ketones (excluding diaryl/α,β-unsaturated/α-hetero) is 1.